The molecule has 1 atom stereocenters. The molecule has 3 aromatic rings. The Morgan fingerprint density at radius 2 is 1.74 bits per heavy atom. The molecule has 160 valence electrons. The maximum absolute atomic E-state index is 12.5. The van der Waals surface area contributed by atoms with E-state index in [4.69, 9.17) is 16.0 Å². The number of nitrogens with one attached hydrogen (secondary N) is 3. The lowest BCUT2D eigenvalue weighted by Crippen LogP contribution is -2.51. The number of carbonyl (C=O) groups excluding carboxylic acids is 1. The molecule has 7 nitrogen and oxygen atoms in total. The van der Waals surface area contributed by atoms with E-state index in [0.717, 1.165) is 5.76 Å². The molecule has 1 aliphatic rings. The van der Waals surface area contributed by atoms with Gasteiger partial charge >= 0.3 is 0 Å². The van der Waals surface area contributed by atoms with Crippen LogP contribution < -0.4 is 26.8 Å². The van der Waals surface area contributed by atoms with Gasteiger partial charge in [-0.05, 0) is 36.6 Å². The van der Waals surface area contributed by atoms with Gasteiger partial charge in [0.2, 0.25) is 0 Å². The van der Waals surface area contributed by atoms with Gasteiger partial charge in [0.15, 0.2) is 0 Å². The molecule has 0 fully saturated rings. The van der Waals surface area contributed by atoms with Gasteiger partial charge in [-0.25, -0.2) is 0 Å². The quantitative estimate of drug-likeness (QED) is 0.417. The van der Waals surface area contributed by atoms with Crippen LogP contribution in [0.15, 0.2) is 38.3 Å². The third-order valence-electron chi connectivity index (χ3n) is 6.19. The van der Waals surface area contributed by atoms with Gasteiger partial charge in [0.05, 0.1) is 16.7 Å². The minimum atomic E-state index is -0.779. The Balaban J connectivity index is 1.75. The van der Waals surface area contributed by atoms with Crippen molar-refractivity contribution >= 4 is 42.4 Å². The molecule has 3 N–H and O–H groups in total. The normalized spacial score (nSPS) is 15.5. The number of fused-ring (bicyclic) bond motifs is 1. The first kappa shape index (κ1) is 21.2. The highest BCUT2D eigenvalue weighted by atomic mass is 35.5. The molecule has 31 heavy (non-hydrogen) atoms. The zero-order valence-electron chi connectivity index (χ0n) is 18.0. The standard InChI is InChI=1S/C22H23BClN3O4/c1-10-5-8-14(31-10)22(23,21(2,3)4)27-17-16(18(28)19(17)29)26-13-7-6-12(24)11-9-25-20(30)15(11)13/h5-8,26-27H,9,23H2,1-4H3,(H,25,30). The highest BCUT2D eigenvalue weighted by Crippen LogP contribution is 2.41. The average Bonchev–Trinajstić information content (AvgIpc) is 3.31. The number of hydrogen-bond acceptors (Lipinski definition) is 6. The molecule has 1 aromatic heterocycles. The van der Waals surface area contributed by atoms with Crippen molar-refractivity contribution in [2.45, 2.75) is 39.7 Å². The SMILES string of the molecule is BC(Nc1c(Nc2ccc(Cl)c3c2C(=O)NC3)c(=O)c1=O)(c1ccc(C)o1)C(C)(C)C. The van der Waals surface area contributed by atoms with Crippen molar-refractivity contribution in [2.75, 3.05) is 10.6 Å². The van der Waals surface area contributed by atoms with Crippen LogP contribution in [0.25, 0.3) is 0 Å². The Labute approximate surface area is 185 Å². The zero-order chi connectivity index (χ0) is 22.7. The lowest BCUT2D eigenvalue weighted by Gasteiger charge is -2.42. The molecule has 0 saturated carbocycles. The highest BCUT2D eigenvalue weighted by Gasteiger charge is 2.43. The number of hydrogen-bond donors (Lipinski definition) is 3. The fourth-order valence-electron chi connectivity index (χ4n) is 3.75. The number of rotatable bonds is 5. The number of halogens is 1. The van der Waals surface area contributed by atoms with Gasteiger partial charge in [0, 0.05) is 17.1 Å². The molecular formula is C22H23BClN3O4. The van der Waals surface area contributed by atoms with Gasteiger partial charge in [0.1, 0.15) is 30.7 Å². The van der Waals surface area contributed by atoms with Gasteiger partial charge in [-0.2, -0.15) is 0 Å². The number of aryl methyl sites for hydroxylation is 1. The summed E-state index contributed by atoms with van der Waals surface area (Å²) in [4.78, 5) is 37.3. The maximum Gasteiger partial charge on any atom is 0.254 e. The molecule has 4 rings (SSSR count). The second kappa shape index (κ2) is 7.02. The van der Waals surface area contributed by atoms with Crippen LogP contribution in [0, 0.1) is 12.3 Å². The van der Waals surface area contributed by atoms with Crippen molar-refractivity contribution in [2.24, 2.45) is 5.41 Å². The number of anilines is 3. The predicted molar refractivity (Wildman–Crippen MR) is 124 cm³/mol. The van der Waals surface area contributed by atoms with Crippen molar-refractivity contribution in [3.63, 3.8) is 0 Å². The Kier molecular flexibility index (Phi) is 4.81. The van der Waals surface area contributed by atoms with Crippen LogP contribution in [-0.4, -0.2) is 13.8 Å². The largest absolute Gasteiger partial charge is 0.465 e. The van der Waals surface area contributed by atoms with E-state index in [9.17, 15) is 14.4 Å². The molecule has 9 heteroatoms. The second-order valence-corrected chi connectivity index (χ2v) is 9.48. The number of benzene rings is 1. The number of carbonyl (C=O) groups is 1. The predicted octanol–water partition coefficient (Wildman–Crippen LogP) is 2.77. The minimum Gasteiger partial charge on any atom is -0.465 e. The topological polar surface area (TPSA) is 100 Å². The van der Waals surface area contributed by atoms with Gasteiger partial charge in [0.25, 0.3) is 16.8 Å². The van der Waals surface area contributed by atoms with Crippen molar-refractivity contribution in [1.82, 2.24) is 5.32 Å². The van der Waals surface area contributed by atoms with Crippen molar-refractivity contribution in [1.29, 1.82) is 0 Å². The minimum absolute atomic E-state index is 0.118. The smallest absolute Gasteiger partial charge is 0.254 e. The van der Waals surface area contributed by atoms with Crippen molar-refractivity contribution < 1.29 is 9.21 Å². The summed E-state index contributed by atoms with van der Waals surface area (Å²) in [6, 6.07) is 7.01. The van der Waals surface area contributed by atoms with Crippen molar-refractivity contribution in [3.8, 4) is 0 Å². The first-order valence-corrected chi connectivity index (χ1v) is 10.4. The van der Waals surface area contributed by atoms with E-state index in [1.54, 1.807) is 12.1 Å². The molecule has 0 aliphatic carbocycles. The van der Waals surface area contributed by atoms with E-state index in [-0.39, 0.29) is 22.7 Å². The highest BCUT2D eigenvalue weighted by molar-refractivity contribution is 6.32. The Bertz CT molecular complexity index is 1280. The average molecular weight is 440 g/mol. The van der Waals surface area contributed by atoms with E-state index in [1.165, 1.54) is 0 Å². The maximum atomic E-state index is 12.5. The molecule has 1 unspecified atom stereocenters. The molecule has 0 radical (unpaired) electrons. The summed E-state index contributed by atoms with van der Waals surface area (Å²) in [6.07, 6.45) is 0. The lowest BCUT2D eigenvalue weighted by molar-refractivity contribution is 0.0966. The number of amides is 1. The number of furan rings is 1. The van der Waals surface area contributed by atoms with Gasteiger partial charge in [-0.3, -0.25) is 14.4 Å². The fourth-order valence-corrected chi connectivity index (χ4v) is 3.98. The Morgan fingerprint density at radius 1 is 1.06 bits per heavy atom. The van der Waals surface area contributed by atoms with Gasteiger partial charge in [-0.1, -0.05) is 32.4 Å². The molecular weight excluding hydrogens is 417 g/mol. The fraction of sp³-hybridized carbons (Fsp3) is 0.318. The van der Waals surface area contributed by atoms with E-state index < -0.39 is 16.3 Å². The summed E-state index contributed by atoms with van der Waals surface area (Å²) in [5.41, 5.74) is -0.646. The Hall–Kier alpha value is -3.00. The van der Waals surface area contributed by atoms with Crippen LogP contribution in [0.1, 0.15) is 48.2 Å². The van der Waals surface area contributed by atoms with Crippen LogP contribution in [0.5, 0.6) is 0 Å². The van der Waals surface area contributed by atoms with Gasteiger partial charge < -0.3 is 20.4 Å². The Morgan fingerprint density at radius 3 is 2.35 bits per heavy atom. The second-order valence-electron chi connectivity index (χ2n) is 9.07. The molecule has 1 aliphatic heterocycles. The van der Waals surface area contributed by atoms with Crippen LogP contribution in [0.3, 0.4) is 0 Å². The van der Waals surface area contributed by atoms with Crippen LogP contribution in [0.2, 0.25) is 5.02 Å². The summed E-state index contributed by atoms with van der Waals surface area (Å²) in [6.45, 7) is 8.23. The molecule has 0 bridgehead atoms. The zero-order valence-corrected chi connectivity index (χ0v) is 18.8. The molecule has 1 amide bonds. The van der Waals surface area contributed by atoms with E-state index in [2.05, 4.69) is 16.0 Å². The summed E-state index contributed by atoms with van der Waals surface area (Å²) in [7, 11) is 1.93. The first-order valence-electron chi connectivity index (χ1n) is 9.99. The monoisotopic (exact) mass is 439 g/mol. The third kappa shape index (κ3) is 3.26. The van der Waals surface area contributed by atoms with E-state index >= 15 is 0 Å². The summed E-state index contributed by atoms with van der Waals surface area (Å²) in [5, 5.41) is 9.46. The summed E-state index contributed by atoms with van der Waals surface area (Å²) in [5.74, 6) is 1.13. The van der Waals surface area contributed by atoms with Crippen LogP contribution >= 0.6 is 11.6 Å². The third-order valence-corrected chi connectivity index (χ3v) is 6.54. The first-order chi connectivity index (χ1) is 14.4. The van der Waals surface area contributed by atoms with Crippen LogP contribution in [0.4, 0.5) is 17.1 Å². The van der Waals surface area contributed by atoms with Crippen molar-refractivity contribution in [3.05, 3.63) is 72.4 Å². The lowest BCUT2D eigenvalue weighted by atomic mass is 9.59. The van der Waals surface area contributed by atoms with Gasteiger partial charge in [-0.15, -0.1) is 0 Å². The van der Waals surface area contributed by atoms with E-state index in [1.807, 2.05) is 47.7 Å². The molecule has 0 saturated heterocycles. The molecule has 2 heterocycles. The summed E-state index contributed by atoms with van der Waals surface area (Å²) < 4.78 is 5.88. The van der Waals surface area contributed by atoms with Crippen LogP contribution in [-0.2, 0) is 12.0 Å². The van der Waals surface area contributed by atoms with E-state index in [0.29, 0.717) is 34.1 Å². The summed E-state index contributed by atoms with van der Waals surface area (Å²) >= 11 is 6.20. The molecule has 0 spiro atoms. The molecule has 2 aromatic carbocycles.